The van der Waals surface area contributed by atoms with E-state index in [2.05, 4.69) is 27.5 Å². The van der Waals surface area contributed by atoms with E-state index in [1.54, 1.807) is 18.4 Å². The van der Waals surface area contributed by atoms with Crippen molar-refractivity contribution < 1.29 is 4.21 Å². The second-order valence-corrected chi connectivity index (χ2v) is 9.27. The number of aryl methyl sites for hydroxylation is 2. The highest BCUT2D eigenvalue weighted by Crippen LogP contribution is 2.23. The van der Waals surface area contributed by atoms with Crippen LogP contribution >= 0.6 is 35.3 Å². The molecule has 0 saturated heterocycles. The molecule has 138 valence electrons. The molecule has 1 fully saturated rings. The number of aromatic nitrogens is 1. The summed E-state index contributed by atoms with van der Waals surface area (Å²) in [5, 5.41) is 8.24. The second-order valence-electron chi connectivity index (χ2n) is 5.97. The van der Waals surface area contributed by atoms with Gasteiger partial charge in [0.2, 0.25) is 0 Å². The van der Waals surface area contributed by atoms with Gasteiger partial charge in [0, 0.05) is 39.8 Å². The highest BCUT2D eigenvalue weighted by Gasteiger charge is 2.26. The first-order valence-corrected chi connectivity index (χ1v) is 10.5. The van der Waals surface area contributed by atoms with Crippen molar-refractivity contribution in [2.45, 2.75) is 64.3 Å². The maximum atomic E-state index is 12.0. The van der Waals surface area contributed by atoms with Crippen molar-refractivity contribution in [2.75, 3.05) is 12.8 Å². The number of halogens is 1. The molecule has 0 spiro atoms. The molecular formula is C16H29IN4OS2. The number of thiazole rings is 1. The Kier molecular flexibility index (Phi) is 9.73. The van der Waals surface area contributed by atoms with Gasteiger partial charge in [-0.25, -0.2) is 4.98 Å². The molecule has 0 aliphatic heterocycles. The van der Waals surface area contributed by atoms with Crippen LogP contribution in [-0.4, -0.2) is 39.2 Å². The first kappa shape index (κ1) is 21.8. The molecule has 5 nitrogen and oxygen atoms in total. The predicted molar refractivity (Wildman–Crippen MR) is 115 cm³/mol. The van der Waals surface area contributed by atoms with Crippen LogP contribution in [0.25, 0.3) is 0 Å². The standard InChI is InChI=1S/C16H28N4OS2.HI/c1-5-23(21)14-8-6-7-13(9-14)20-16(17-4)18-10-15-19-11(2)12(3)22-15;/h13-14H,5-10H2,1-4H3,(H2,17,18,20);1H. The summed E-state index contributed by atoms with van der Waals surface area (Å²) in [5.74, 6) is 1.57. The van der Waals surface area contributed by atoms with E-state index in [-0.39, 0.29) is 24.0 Å². The molecule has 1 aliphatic rings. The Morgan fingerprint density at radius 3 is 2.75 bits per heavy atom. The van der Waals surface area contributed by atoms with Crippen molar-refractivity contribution in [3.63, 3.8) is 0 Å². The largest absolute Gasteiger partial charge is 0.354 e. The van der Waals surface area contributed by atoms with Crippen molar-refractivity contribution in [1.82, 2.24) is 15.6 Å². The van der Waals surface area contributed by atoms with Gasteiger partial charge in [0.25, 0.3) is 0 Å². The van der Waals surface area contributed by atoms with Crippen LogP contribution in [0.2, 0.25) is 0 Å². The molecule has 1 aromatic heterocycles. The van der Waals surface area contributed by atoms with Crippen LogP contribution in [0.3, 0.4) is 0 Å². The zero-order valence-electron chi connectivity index (χ0n) is 14.9. The lowest BCUT2D eigenvalue weighted by Gasteiger charge is -2.30. The summed E-state index contributed by atoms with van der Waals surface area (Å²) in [6.45, 7) is 6.83. The third kappa shape index (κ3) is 6.25. The van der Waals surface area contributed by atoms with Crippen molar-refractivity contribution in [2.24, 2.45) is 4.99 Å². The summed E-state index contributed by atoms with van der Waals surface area (Å²) in [4.78, 5) is 10.1. The summed E-state index contributed by atoms with van der Waals surface area (Å²) in [6.07, 6.45) is 4.31. The fourth-order valence-electron chi connectivity index (χ4n) is 2.91. The number of hydrogen-bond donors (Lipinski definition) is 2. The molecule has 1 aromatic rings. The van der Waals surface area contributed by atoms with E-state index in [1.165, 1.54) is 4.88 Å². The van der Waals surface area contributed by atoms with Crippen LogP contribution < -0.4 is 10.6 Å². The second kappa shape index (κ2) is 10.7. The molecule has 1 saturated carbocycles. The van der Waals surface area contributed by atoms with Gasteiger partial charge in [-0.1, -0.05) is 13.3 Å². The highest BCUT2D eigenvalue weighted by atomic mass is 127. The van der Waals surface area contributed by atoms with E-state index >= 15 is 0 Å². The molecule has 24 heavy (non-hydrogen) atoms. The summed E-state index contributed by atoms with van der Waals surface area (Å²) >= 11 is 1.72. The van der Waals surface area contributed by atoms with E-state index < -0.39 is 10.8 Å². The summed E-state index contributed by atoms with van der Waals surface area (Å²) in [5.41, 5.74) is 1.10. The molecule has 0 amide bonds. The smallest absolute Gasteiger partial charge is 0.191 e. The quantitative estimate of drug-likeness (QED) is 0.383. The Morgan fingerprint density at radius 2 is 2.17 bits per heavy atom. The average molecular weight is 484 g/mol. The average Bonchev–Trinajstić information content (AvgIpc) is 2.89. The normalized spacial score (nSPS) is 22.6. The Labute approximate surface area is 169 Å². The zero-order valence-corrected chi connectivity index (χ0v) is 18.9. The van der Waals surface area contributed by atoms with E-state index in [1.807, 2.05) is 13.8 Å². The van der Waals surface area contributed by atoms with Crippen LogP contribution in [0, 0.1) is 13.8 Å². The minimum Gasteiger partial charge on any atom is -0.354 e. The van der Waals surface area contributed by atoms with Crippen molar-refractivity contribution in [3.8, 4) is 0 Å². The Balaban J connectivity index is 0.00000288. The van der Waals surface area contributed by atoms with Gasteiger partial charge in [0.15, 0.2) is 5.96 Å². The molecule has 0 bridgehead atoms. The van der Waals surface area contributed by atoms with Crippen molar-refractivity contribution in [3.05, 3.63) is 15.6 Å². The maximum Gasteiger partial charge on any atom is 0.191 e. The molecule has 1 heterocycles. The van der Waals surface area contributed by atoms with Gasteiger partial charge in [-0.05, 0) is 33.1 Å². The molecule has 0 aromatic carbocycles. The topological polar surface area (TPSA) is 66.4 Å². The van der Waals surface area contributed by atoms with Crippen LogP contribution in [0.4, 0.5) is 0 Å². The Bertz CT molecular complexity index is 557. The number of aliphatic imine (C=N–C) groups is 1. The first-order valence-electron chi connectivity index (χ1n) is 8.30. The van der Waals surface area contributed by atoms with Crippen LogP contribution in [0.5, 0.6) is 0 Å². The fourth-order valence-corrected chi connectivity index (χ4v) is 5.13. The number of nitrogens with one attached hydrogen (secondary N) is 2. The fraction of sp³-hybridized carbons (Fsp3) is 0.750. The lowest BCUT2D eigenvalue weighted by Crippen LogP contribution is -2.46. The maximum absolute atomic E-state index is 12.0. The third-order valence-corrected chi connectivity index (χ3v) is 7.14. The van der Waals surface area contributed by atoms with E-state index in [9.17, 15) is 4.21 Å². The number of hydrogen-bond acceptors (Lipinski definition) is 4. The summed E-state index contributed by atoms with van der Waals surface area (Å²) in [7, 11) is 1.10. The van der Waals surface area contributed by atoms with Gasteiger partial charge in [-0.3, -0.25) is 9.20 Å². The van der Waals surface area contributed by atoms with E-state index in [0.29, 0.717) is 17.8 Å². The summed E-state index contributed by atoms with van der Waals surface area (Å²) < 4.78 is 12.0. The number of rotatable bonds is 5. The van der Waals surface area contributed by atoms with E-state index in [0.717, 1.165) is 48.1 Å². The molecule has 3 atom stereocenters. The van der Waals surface area contributed by atoms with Crippen molar-refractivity contribution in [1.29, 1.82) is 0 Å². The van der Waals surface area contributed by atoms with Gasteiger partial charge in [0.1, 0.15) is 5.01 Å². The first-order chi connectivity index (χ1) is 11.0. The van der Waals surface area contributed by atoms with Gasteiger partial charge < -0.3 is 10.6 Å². The Hall–Kier alpha value is -0.220. The van der Waals surface area contributed by atoms with Gasteiger partial charge in [-0.2, -0.15) is 0 Å². The molecule has 3 unspecified atom stereocenters. The lowest BCUT2D eigenvalue weighted by atomic mass is 9.95. The predicted octanol–water partition coefficient (Wildman–Crippen LogP) is 3.12. The Morgan fingerprint density at radius 1 is 1.42 bits per heavy atom. The van der Waals surface area contributed by atoms with Crippen molar-refractivity contribution >= 4 is 52.1 Å². The minimum atomic E-state index is -0.693. The van der Waals surface area contributed by atoms with Gasteiger partial charge in [0.05, 0.1) is 12.2 Å². The number of nitrogens with zero attached hydrogens (tertiary/aromatic N) is 2. The van der Waals surface area contributed by atoms with Crippen LogP contribution in [0.1, 0.15) is 48.2 Å². The lowest BCUT2D eigenvalue weighted by molar-refractivity contribution is 0.413. The monoisotopic (exact) mass is 484 g/mol. The molecule has 2 N–H and O–H groups in total. The molecular weight excluding hydrogens is 455 g/mol. The van der Waals surface area contributed by atoms with Crippen LogP contribution in [0.15, 0.2) is 4.99 Å². The third-order valence-electron chi connectivity index (χ3n) is 4.33. The van der Waals surface area contributed by atoms with Crippen LogP contribution in [-0.2, 0) is 17.3 Å². The molecule has 1 aliphatic carbocycles. The molecule has 8 heteroatoms. The minimum absolute atomic E-state index is 0. The van der Waals surface area contributed by atoms with Gasteiger partial charge >= 0.3 is 0 Å². The molecule has 2 rings (SSSR count). The number of guanidine groups is 1. The van der Waals surface area contributed by atoms with Gasteiger partial charge in [-0.15, -0.1) is 35.3 Å². The SMILES string of the molecule is CCS(=O)C1CCCC(NC(=NC)NCc2nc(C)c(C)s2)C1.I. The summed E-state index contributed by atoms with van der Waals surface area (Å²) in [6, 6.07) is 0.357. The highest BCUT2D eigenvalue weighted by molar-refractivity contribution is 14.0. The zero-order chi connectivity index (χ0) is 16.8. The van der Waals surface area contributed by atoms with E-state index in [4.69, 9.17) is 0 Å². The molecule has 0 radical (unpaired) electrons.